The van der Waals surface area contributed by atoms with Gasteiger partial charge in [-0.15, -0.1) is 0 Å². The third-order valence-corrected chi connectivity index (χ3v) is 13.2. The Morgan fingerprint density at radius 3 is 1.48 bits per heavy atom. The fourth-order valence-electron chi connectivity index (χ4n) is 10.1. The van der Waals surface area contributed by atoms with Crippen molar-refractivity contribution in [1.29, 1.82) is 0 Å². The van der Waals surface area contributed by atoms with Gasteiger partial charge in [0.2, 0.25) is 0 Å². The predicted molar refractivity (Wildman–Crippen MR) is 249 cm³/mol. The first-order chi connectivity index (χ1) is 30.2. The van der Waals surface area contributed by atoms with E-state index in [0.717, 1.165) is 49.8 Å². The molecule has 0 N–H and O–H groups in total. The van der Waals surface area contributed by atoms with E-state index in [1.54, 1.807) is 0 Å². The molecule has 2 aromatic heterocycles. The van der Waals surface area contributed by atoms with Crippen LogP contribution >= 0.6 is 0 Å². The van der Waals surface area contributed by atoms with Crippen LogP contribution in [0.15, 0.2) is 192 Å². The minimum Gasteiger partial charge on any atom is -0.456 e. The van der Waals surface area contributed by atoms with E-state index in [1.165, 1.54) is 76.6 Å². The van der Waals surface area contributed by atoms with Crippen molar-refractivity contribution in [2.24, 2.45) is 0 Å². The standard InChI is InChI=1S/C57H41N3O/c1-3-11-37(12-4-1)38-21-25-42(26-22-38)54-58-55(60-56(59-54)45-30-32-49-48-14-6-8-16-52(48)61-53(49)36-45)43-27-23-40(24-28-43)39-17-19-41(20-18-39)44-29-31-47-46-13-5-7-15-50(46)57(51(47)35-44)33-9-2-10-34-57/h1,3-8,11-32,35-36H,2,9-10,33-34H2. The van der Waals surface area contributed by atoms with Gasteiger partial charge in [-0.3, -0.25) is 0 Å². The maximum absolute atomic E-state index is 6.27. The van der Waals surface area contributed by atoms with Gasteiger partial charge in [0.25, 0.3) is 0 Å². The molecule has 61 heavy (non-hydrogen) atoms. The minimum atomic E-state index is 0.150. The highest BCUT2D eigenvalue weighted by Gasteiger charge is 2.43. The van der Waals surface area contributed by atoms with E-state index in [9.17, 15) is 0 Å². The van der Waals surface area contributed by atoms with E-state index in [0.29, 0.717) is 17.5 Å². The summed E-state index contributed by atoms with van der Waals surface area (Å²) in [6, 6.07) is 67.1. The Morgan fingerprint density at radius 1 is 0.328 bits per heavy atom. The molecule has 0 aliphatic heterocycles. The monoisotopic (exact) mass is 783 g/mol. The highest BCUT2D eigenvalue weighted by Crippen LogP contribution is 2.56. The number of benzene rings is 8. The van der Waals surface area contributed by atoms with Crippen LogP contribution in [0.25, 0.3) is 101 Å². The van der Waals surface area contributed by atoms with E-state index in [4.69, 9.17) is 19.4 Å². The summed E-state index contributed by atoms with van der Waals surface area (Å²) in [5.41, 5.74) is 17.6. The van der Waals surface area contributed by atoms with Crippen molar-refractivity contribution in [3.63, 3.8) is 0 Å². The summed E-state index contributed by atoms with van der Waals surface area (Å²) >= 11 is 0. The second kappa shape index (κ2) is 14.4. The van der Waals surface area contributed by atoms with Crippen LogP contribution in [-0.4, -0.2) is 15.0 Å². The topological polar surface area (TPSA) is 51.8 Å². The molecule has 1 fully saturated rings. The number of rotatable bonds is 6. The van der Waals surface area contributed by atoms with E-state index in [-0.39, 0.29) is 5.41 Å². The number of hydrogen-bond acceptors (Lipinski definition) is 4. The maximum atomic E-state index is 6.27. The molecule has 1 saturated carbocycles. The van der Waals surface area contributed by atoms with Crippen LogP contribution in [0, 0.1) is 0 Å². The summed E-state index contributed by atoms with van der Waals surface area (Å²) < 4.78 is 6.27. The number of fused-ring (bicyclic) bond motifs is 8. The van der Waals surface area contributed by atoms with Crippen LogP contribution in [0.1, 0.15) is 43.2 Å². The minimum absolute atomic E-state index is 0.150. The molecule has 290 valence electrons. The van der Waals surface area contributed by atoms with Crippen LogP contribution in [0.5, 0.6) is 0 Å². The SMILES string of the molecule is c1ccc(-c2ccc(-c3nc(-c4ccc(-c5ccc(-c6ccc7c(c6)C6(CCCCC6)c6ccccc6-7)cc5)cc4)nc(-c4ccc5c(c4)oc4ccccc45)n3)cc2)cc1. The Hall–Kier alpha value is -7.43. The first-order valence-corrected chi connectivity index (χ1v) is 21.5. The molecule has 10 aromatic rings. The molecule has 0 amide bonds. The summed E-state index contributed by atoms with van der Waals surface area (Å²) in [6.07, 6.45) is 6.41. The van der Waals surface area contributed by atoms with E-state index >= 15 is 0 Å². The van der Waals surface area contributed by atoms with Gasteiger partial charge in [0.15, 0.2) is 17.5 Å². The van der Waals surface area contributed by atoms with Gasteiger partial charge >= 0.3 is 0 Å². The number of para-hydroxylation sites is 1. The number of furan rings is 1. The summed E-state index contributed by atoms with van der Waals surface area (Å²) in [7, 11) is 0. The zero-order valence-electron chi connectivity index (χ0n) is 33.7. The lowest BCUT2D eigenvalue weighted by Gasteiger charge is -2.36. The van der Waals surface area contributed by atoms with Crippen molar-refractivity contribution >= 4 is 21.9 Å². The number of nitrogens with zero attached hydrogens (tertiary/aromatic N) is 3. The quantitative estimate of drug-likeness (QED) is 0.169. The smallest absolute Gasteiger partial charge is 0.164 e. The second-order valence-electron chi connectivity index (χ2n) is 16.7. The zero-order chi connectivity index (χ0) is 40.3. The molecule has 0 bridgehead atoms. The lowest BCUT2D eigenvalue weighted by Crippen LogP contribution is -2.28. The van der Waals surface area contributed by atoms with Gasteiger partial charge in [0, 0.05) is 32.9 Å². The first kappa shape index (κ1) is 35.5. The fourth-order valence-corrected chi connectivity index (χ4v) is 10.1. The van der Waals surface area contributed by atoms with E-state index in [1.807, 2.05) is 30.3 Å². The fraction of sp³-hybridized carbons (Fsp3) is 0.105. The van der Waals surface area contributed by atoms with Crippen LogP contribution in [-0.2, 0) is 5.41 Å². The Labute approximate surface area is 355 Å². The zero-order valence-corrected chi connectivity index (χ0v) is 33.7. The van der Waals surface area contributed by atoms with E-state index in [2.05, 4.69) is 158 Å². The molecule has 0 atom stereocenters. The van der Waals surface area contributed by atoms with Gasteiger partial charge in [-0.1, -0.05) is 183 Å². The third kappa shape index (κ3) is 6.09. The van der Waals surface area contributed by atoms with Gasteiger partial charge in [-0.2, -0.15) is 0 Å². The molecular formula is C57H41N3O. The Kier molecular flexibility index (Phi) is 8.38. The maximum Gasteiger partial charge on any atom is 0.164 e. The largest absolute Gasteiger partial charge is 0.456 e. The molecule has 8 aromatic carbocycles. The molecule has 0 saturated heterocycles. The van der Waals surface area contributed by atoms with E-state index < -0.39 is 0 Å². The highest BCUT2D eigenvalue weighted by atomic mass is 16.3. The normalized spacial score (nSPS) is 14.0. The number of aromatic nitrogens is 3. The summed E-state index contributed by atoms with van der Waals surface area (Å²) in [6.45, 7) is 0. The predicted octanol–water partition coefficient (Wildman–Crippen LogP) is 15.0. The summed E-state index contributed by atoms with van der Waals surface area (Å²) in [4.78, 5) is 15.2. The van der Waals surface area contributed by atoms with Gasteiger partial charge in [-0.05, 0) is 92.7 Å². The van der Waals surface area contributed by atoms with Crippen LogP contribution < -0.4 is 0 Å². The molecular weight excluding hydrogens is 743 g/mol. The molecule has 2 heterocycles. The van der Waals surface area contributed by atoms with Gasteiger partial charge in [-0.25, -0.2) is 15.0 Å². The van der Waals surface area contributed by atoms with Gasteiger partial charge < -0.3 is 4.42 Å². The Morgan fingerprint density at radius 2 is 0.803 bits per heavy atom. The molecule has 1 spiro atoms. The molecule has 12 rings (SSSR count). The summed E-state index contributed by atoms with van der Waals surface area (Å²) in [5.74, 6) is 1.83. The first-order valence-electron chi connectivity index (χ1n) is 21.5. The lowest BCUT2D eigenvalue weighted by molar-refractivity contribution is 0.353. The highest BCUT2D eigenvalue weighted by molar-refractivity contribution is 6.05. The van der Waals surface area contributed by atoms with Gasteiger partial charge in [0.05, 0.1) is 0 Å². The molecule has 4 nitrogen and oxygen atoms in total. The molecule has 4 heteroatoms. The van der Waals surface area contributed by atoms with Crippen molar-refractivity contribution in [3.8, 4) is 78.7 Å². The van der Waals surface area contributed by atoms with Crippen LogP contribution in [0.4, 0.5) is 0 Å². The molecule has 0 radical (unpaired) electrons. The summed E-state index contributed by atoms with van der Waals surface area (Å²) in [5, 5.41) is 2.16. The van der Waals surface area contributed by atoms with Crippen molar-refractivity contribution < 1.29 is 4.42 Å². The van der Waals surface area contributed by atoms with Crippen molar-refractivity contribution in [2.75, 3.05) is 0 Å². The van der Waals surface area contributed by atoms with Gasteiger partial charge in [0.1, 0.15) is 11.2 Å². The average Bonchev–Trinajstić information content (AvgIpc) is 3.84. The van der Waals surface area contributed by atoms with Crippen LogP contribution in [0.2, 0.25) is 0 Å². The second-order valence-corrected chi connectivity index (χ2v) is 16.7. The Bertz CT molecular complexity index is 3250. The van der Waals surface area contributed by atoms with Crippen molar-refractivity contribution in [1.82, 2.24) is 15.0 Å². The molecule has 0 unspecified atom stereocenters. The number of hydrogen-bond donors (Lipinski definition) is 0. The third-order valence-electron chi connectivity index (χ3n) is 13.2. The van der Waals surface area contributed by atoms with Crippen molar-refractivity contribution in [2.45, 2.75) is 37.5 Å². The van der Waals surface area contributed by atoms with Crippen LogP contribution in [0.3, 0.4) is 0 Å². The molecule has 2 aliphatic carbocycles. The lowest BCUT2D eigenvalue weighted by atomic mass is 9.67. The average molecular weight is 784 g/mol. The molecule has 2 aliphatic rings. The van der Waals surface area contributed by atoms with Crippen molar-refractivity contribution in [3.05, 3.63) is 199 Å². The Balaban J connectivity index is 0.871.